The summed E-state index contributed by atoms with van der Waals surface area (Å²) in [6, 6.07) is 2.11. The van der Waals surface area contributed by atoms with Crippen molar-refractivity contribution in [3.63, 3.8) is 0 Å². The van der Waals surface area contributed by atoms with E-state index in [1.807, 2.05) is 0 Å². The molecule has 0 aliphatic carbocycles. The Kier molecular flexibility index (Phi) is 5.19. The van der Waals surface area contributed by atoms with Gasteiger partial charge in [-0.15, -0.1) is 11.3 Å². The zero-order chi connectivity index (χ0) is 14.5. The molecule has 0 amide bonds. The van der Waals surface area contributed by atoms with Gasteiger partial charge in [-0.25, -0.2) is 4.98 Å². The molecule has 3 rings (SSSR count). The molecule has 2 aromatic heterocycles. The molecule has 0 atom stereocenters. The summed E-state index contributed by atoms with van der Waals surface area (Å²) in [6.07, 6.45) is 3.71. The first-order valence-corrected chi connectivity index (χ1v) is 9.71. The minimum Gasteiger partial charge on any atom is -0.369 e. The molecule has 4 nitrogen and oxygen atoms in total. The molecule has 0 radical (unpaired) electrons. The van der Waals surface area contributed by atoms with E-state index < -0.39 is 0 Å². The third-order valence-corrected chi connectivity index (χ3v) is 5.61. The number of thioether (sulfide) groups is 1. The minimum absolute atomic E-state index is 0.744. The molecule has 3 heterocycles. The third-order valence-electron chi connectivity index (χ3n) is 3.76. The van der Waals surface area contributed by atoms with Gasteiger partial charge in [-0.3, -0.25) is 0 Å². The van der Waals surface area contributed by atoms with Crippen molar-refractivity contribution in [1.82, 2.24) is 9.97 Å². The van der Waals surface area contributed by atoms with Crippen molar-refractivity contribution in [2.75, 3.05) is 35.2 Å². The molecule has 21 heavy (non-hydrogen) atoms. The lowest BCUT2D eigenvalue weighted by molar-refractivity contribution is 0.516. The molecule has 1 aliphatic heterocycles. The second-order valence-corrected chi connectivity index (χ2v) is 7.52. The van der Waals surface area contributed by atoms with E-state index in [9.17, 15) is 0 Å². The number of anilines is 2. The summed E-state index contributed by atoms with van der Waals surface area (Å²) < 4.78 is 0. The number of thiophene rings is 1. The average Bonchev–Trinajstić information content (AvgIpc) is 3.00. The molecule has 0 spiro atoms. The minimum atomic E-state index is 0.744. The summed E-state index contributed by atoms with van der Waals surface area (Å²) in [5.74, 6) is 5.11. The molecular weight excluding hydrogens is 300 g/mol. The average molecular weight is 323 g/mol. The highest BCUT2D eigenvalue weighted by atomic mass is 32.2. The largest absolute Gasteiger partial charge is 0.369 e. The van der Waals surface area contributed by atoms with E-state index in [4.69, 9.17) is 0 Å². The number of nitrogens with zero attached hydrogens (tertiary/aromatic N) is 2. The maximum absolute atomic E-state index is 4.66. The molecule has 0 unspecified atom stereocenters. The summed E-state index contributed by atoms with van der Waals surface area (Å²) in [6.45, 7) is 4.09. The Hall–Kier alpha value is -1.01. The second-order valence-electron chi connectivity index (χ2n) is 5.40. The van der Waals surface area contributed by atoms with Crippen LogP contribution in [0.4, 0.5) is 11.8 Å². The normalized spacial score (nSPS) is 16.2. The molecule has 0 bridgehead atoms. The van der Waals surface area contributed by atoms with Crippen LogP contribution in [0.2, 0.25) is 0 Å². The highest BCUT2D eigenvalue weighted by Crippen LogP contribution is 2.28. The summed E-state index contributed by atoms with van der Waals surface area (Å²) in [5, 5.41) is 10.1. The van der Waals surface area contributed by atoms with Crippen molar-refractivity contribution < 1.29 is 0 Å². The first kappa shape index (κ1) is 14.9. The Bertz CT molecular complexity index is 578. The maximum atomic E-state index is 4.66. The number of nitrogens with one attached hydrogen (secondary N) is 2. The van der Waals surface area contributed by atoms with Crippen LogP contribution in [-0.4, -0.2) is 34.6 Å². The highest BCUT2D eigenvalue weighted by Gasteiger charge is 2.15. The van der Waals surface area contributed by atoms with Gasteiger partial charge >= 0.3 is 0 Å². The van der Waals surface area contributed by atoms with Crippen molar-refractivity contribution in [3.05, 3.63) is 11.4 Å². The molecular formula is C15H22N4S2. The van der Waals surface area contributed by atoms with Crippen LogP contribution in [0, 0.1) is 5.92 Å². The van der Waals surface area contributed by atoms with E-state index >= 15 is 0 Å². The second kappa shape index (κ2) is 7.31. The van der Waals surface area contributed by atoms with Crippen LogP contribution >= 0.6 is 23.1 Å². The lowest BCUT2D eigenvalue weighted by Crippen LogP contribution is -2.20. The fraction of sp³-hybridized carbons (Fsp3) is 0.600. The van der Waals surface area contributed by atoms with Gasteiger partial charge in [0.2, 0.25) is 5.95 Å². The van der Waals surface area contributed by atoms with Crippen LogP contribution < -0.4 is 10.6 Å². The Morgan fingerprint density at radius 1 is 1.24 bits per heavy atom. The highest BCUT2D eigenvalue weighted by molar-refractivity contribution is 7.99. The van der Waals surface area contributed by atoms with Crippen LogP contribution in [0.15, 0.2) is 11.4 Å². The smallest absolute Gasteiger partial charge is 0.226 e. The van der Waals surface area contributed by atoms with E-state index in [1.165, 1.54) is 24.3 Å². The van der Waals surface area contributed by atoms with Crippen LogP contribution in [0.25, 0.3) is 10.2 Å². The lowest BCUT2D eigenvalue weighted by Gasteiger charge is -2.22. The topological polar surface area (TPSA) is 49.8 Å². The Balaban J connectivity index is 1.73. The maximum Gasteiger partial charge on any atom is 0.226 e. The Morgan fingerprint density at radius 2 is 2.10 bits per heavy atom. The van der Waals surface area contributed by atoms with Gasteiger partial charge in [0, 0.05) is 13.1 Å². The molecule has 1 fully saturated rings. The molecule has 6 heteroatoms. The molecule has 1 saturated heterocycles. The van der Waals surface area contributed by atoms with Crippen LogP contribution in [0.3, 0.4) is 0 Å². The standard InChI is InChI=1S/C15H22N4S2/c1-2-6-16-15-18-13(12-5-9-21-14(12)19-15)17-10-11-3-7-20-8-4-11/h5,9,11H,2-4,6-8,10H2,1H3,(H2,16,17,18,19). The van der Waals surface area contributed by atoms with Gasteiger partial charge in [0.1, 0.15) is 10.6 Å². The molecule has 114 valence electrons. The quantitative estimate of drug-likeness (QED) is 0.839. The first-order valence-electron chi connectivity index (χ1n) is 7.67. The number of hydrogen-bond acceptors (Lipinski definition) is 6. The summed E-state index contributed by atoms with van der Waals surface area (Å²) in [4.78, 5) is 10.3. The van der Waals surface area contributed by atoms with Gasteiger partial charge in [-0.1, -0.05) is 6.92 Å². The zero-order valence-electron chi connectivity index (χ0n) is 12.4. The van der Waals surface area contributed by atoms with E-state index in [1.54, 1.807) is 11.3 Å². The van der Waals surface area contributed by atoms with Crippen molar-refractivity contribution in [3.8, 4) is 0 Å². The molecule has 1 aliphatic rings. The molecule has 2 aromatic rings. The van der Waals surface area contributed by atoms with Gasteiger partial charge in [-0.2, -0.15) is 16.7 Å². The van der Waals surface area contributed by atoms with Gasteiger partial charge in [0.15, 0.2) is 0 Å². The molecule has 0 aromatic carbocycles. The van der Waals surface area contributed by atoms with Gasteiger partial charge in [0.25, 0.3) is 0 Å². The predicted molar refractivity (Wildman–Crippen MR) is 94.7 cm³/mol. The fourth-order valence-electron chi connectivity index (χ4n) is 2.50. The number of aromatic nitrogens is 2. The fourth-order valence-corrected chi connectivity index (χ4v) is 4.47. The van der Waals surface area contributed by atoms with Crippen LogP contribution in [0.1, 0.15) is 26.2 Å². The third kappa shape index (κ3) is 3.80. The number of hydrogen-bond donors (Lipinski definition) is 2. The van der Waals surface area contributed by atoms with Gasteiger partial charge in [-0.05, 0) is 48.1 Å². The monoisotopic (exact) mass is 322 g/mol. The summed E-state index contributed by atoms with van der Waals surface area (Å²) in [5.41, 5.74) is 0. The SMILES string of the molecule is CCCNc1nc(NCC2CCSCC2)c2ccsc2n1. The van der Waals surface area contributed by atoms with Gasteiger partial charge in [0.05, 0.1) is 5.39 Å². The van der Waals surface area contributed by atoms with E-state index in [2.05, 4.69) is 50.7 Å². The predicted octanol–water partition coefficient (Wildman–Crippen LogP) is 4.07. The summed E-state index contributed by atoms with van der Waals surface area (Å²) >= 11 is 3.75. The van der Waals surface area contributed by atoms with Crippen molar-refractivity contribution >= 4 is 45.1 Å². The van der Waals surface area contributed by atoms with Crippen molar-refractivity contribution in [2.45, 2.75) is 26.2 Å². The van der Waals surface area contributed by atoms with Crippen molar-refractivity contribution in [2.24, 2.45) is 5.92 Å². The zero-order valence-corrected chi connectivity index (χ0v) is 14.0. The van der Waals surface area contributed by atoms with E-state index in [0.717, 1.165) is 47.4 Å². The van der Waals surface area contributed by atoms with Crippen LogP contribution in [0.5, 0.6) is 0 Å². The molecule has 0 saturated carbocycles. The van der Waals surface area contributed by atoms with Crippen molar-refractivity contribution in [1.29, 1.82) is 0 Å². The molecule has 2 N–H and O–H groups in total. The summed E-state index contributed by atoms with van der Waals surface area (Å²) in [7, 11) is 0. The Labute approximate surface area is 134 Å². The van der Waals surface area contributed by atoms with E-state index in [0.29, 0.717) is 0 Å². The number of rotatable bonds is 6. The van der Waals surface area contributed by atoms with E-state index in [-0.39, 0.29) is 0 Å². The Morgan fingerprint density at radius 3 is 2.90 bits per heavy atom. The lowest BCUT2D eigenvalue weighted by atomic mass is 10.0. The number of fused-ring (bicyclic) bond motifs is 1. The first-order chi connectivity index (χ1) is 10.4. The van der Waals surface area contributed by atoms with Gasteiger partial charge < -0.3 is 10.6 Å². The van der Waals surface area contributed by atoms with Crippen LogP contribution in [-0.2, 0) is 0 Å².